The molecule has 6 nitrogen and oxygen atoms in total. The van der Waals surface area contributed by atoms with Crippen LogP contribution in [0.4, 0.5) is 20.2 Å². The quantitative estimate of drug-likeness (QED) is 0.552. The summed E-state index contributed by atoms with van der Waals surface area (Å²) in [5, 5.41) is 7.41. The van der Waals surface area contributed by atoms with E-state index < -0.39 is 11.8 Å². The Morgan fingerprint density at radius 1 is 1.25 bits per heavy atom. The summed E-state index contributed by atoms with van der Waals surface area (Å²) in [6, 6.07) is 15.5. The molecule has 2 aromatic rings. The van der Waals surface area contributed by atoms with Gasteiger partial charge in [-0.2, -0.15) is 8.78 Å². The van der Waals surface area contributed by atoms with Crippen molar-refractivity contribution in [3.05, 3.63) is 59.7 Å². The van der Waals surface area contributed by atoms with E-state index in [4.69, 9.17) is 11.1 Å². The Morgan fingerprint density at radius 3 is 2.39 bits per heavy atom. The zero-order valence-corrected chi connectivity index (χ0v) is 15.4. The van der Waals surface area contributed by atoms with Crippen molar-refractivity contribution in [3.63, 3.8) is 0 Å². The lowest BCUT2D eigenvalue weighted by molar-refractivity contribution is -0.139. The number of hydrogen-bond acceptors (Lipinski definition) is 4. The van der Waals surface area contributed by atoms with E-state index in [0.29, 0.717) is 24.6 Å². The molecule has 0 bridgehead atoms. The predicted octanol–water partition coefficient (Wildman–Crippen LogP) is 3.26. The molecule has 5 N–H and O–H groups in total. The van der Waals surface area contributed by atoms with Crippen LogP contribution in [-0.4, -0.2) is 24.0 Å². The van der Waals surface area contributed by atoms with Crippen LogP contribution in [0.15, 0.2) is 48.5 Å². The molecule has 0 radical (unpaired) electrons. The van der Waals surface area contributed by atoms with Crippen LogP contribution in [0.5, 0.6) is 0 Å². The highest BCUT2D eigenvalue weighted by Crippen LogP contribution is 2.37. The standard InChI is InChI=1S/C17H17N3O.C3H5F2NO/c18-11-13-10-14(6-7-15(13)19)20-16(8-9-17(20)21)12-4-2-1-3-5-12;1-3(4,5)2(6)7/h1-7,10-11,16,18H,8-9,19H2;1H3,(H2,6,7)/t16-;/m0./s1. The van der Waals surface area contributed by atoms with Gasteiger partial charge in [-0.05, 0) is 30.2 Å². The number of anilines is 2. The lowest BCUT2D eigenvalue weighted by Gasteiger charge is -2.26. The van der Waals surface area contributed by atoms with E-state index in [9.17, 15) is 18.4 Å². The first-order valence-corrected chi connectivity index (χ1v) is 8.60. The lowest BCUT2D eigenvalue weighted by Crippen LogP contribution is -2.31. The number of nitrogens with zero attached hydrogens (tertiary/aromatic N) is 1. The van der Waals surface area contributed by atoms with E-state index in [0.717, 1.165) is 17.7 Å². The molecule has 0 aromatic heterocycles. The summed E-state index contributed by atoms with van der Waals surface area (Å²) in [6.07, 6.45) is 2.58. The topological polar surface area (TPSA) is 113 Å². The molecule has 8 heteroatoms. The highest BCUT2D eigenvalue weighted by Gasteiger charge is 2.33. The summed E-state index contributed by atoms with van der Waals surface area (Å²) in [5.41, 5.74) is 13.1. The fourth-order valence-corrected chi connectivity index (χ4v) is 2.84. The van der Waals surface area contributed by atoms with Gasteiger partial charge in [-0.1, -0.05) is 30.3 Å². The van der Waals surface area contributed by atoms with Crippen LogP contribution < -0.4 is 16.4 Å². The van der Waals surface area contributed by atoms with Crippen LogP contribution in [0, 0.1) is 5.41 Å². The van der Waals surface area contributed by atoms with E-state index in [1.807, 2.05) is 47.4 Å². The molecule has 0 spiro atoms. The maximum Gasteiger partial charge on any atom is 0.321 e. The molecule has 1 heterocycles. The average molecular weight is 388 g/mol. The van der Waals surface area contributed by atoms with Gasteiger partial charge in [0.1, 0.15) is 0 Å². The minimum Gasteiger partial charge on any atom is -0.398 e. The molecule has 0 unspecified atom stereocenters. The van der Waals surface area contributed by atoms with Crippen LogP contribution in [-0.2, 0) is 9.59 Å². The van der Waals surface area contributed by atoms with Gasteiger partial charge in [0.2, 0.25) is 5.91 Å². The molecule has 28 heavy (non-hydrogen) atoms. The van der Waals surface area contributed by atoms with Gasteiger partial charge in [0, 0.05) is 36.5 Å². The molecule has 1 aliphatic heterocycles. The van der Waals surface area contributed by atoms with E-state index in [1.54, 1.807) is 6.07 Å². The number of benzene rings is 2. The summed E-state index contributed by atoms with van der Waals surface area (Å²) in [5.74, 6) is -4.84. The van der Waals surface area contributed by atoms with Crippen molar-refractivity contribution >= 4 is 29.4 Å². The first kappa shape index (κ1) is 21.0. The van der Waals surface area contributed by atoms with Gasteiger partial charge in [0.15, 0.2) is 0 Å². The Bertz CT molecular complexity index is 866. The number of halogens is 2. The third kappa shape index (κ3) is 4.91. The maximum atomic E-state index is 12.3. The number of primary amides is 1. The Labute approximate surface area is 161 Å². The number of nitrogen functional groups attached to an aromatic ring is 1. The number of rotatable bonds is 4. The monoisotopic (exact) mass is 388 g/mol. The van der Waals surface area contributed by atoms with E-state index in [2.05, 4.69) is 5.73 Å². The smallest absolute Gasteiger partial charge is 0.321 e. The van der Waals surface area contributed by atoms with Gasteiger partial charge >= 0.3 is 5.92 Å². The third-order valence-electron chi connectivity index (χ3n) is 4.33. The summed E-state index contributed by atoms with van der Waals surface area (Å²) in [4.78, 5) is 23.6. The molecule has 0 saturated carbocycles. The minimum atomic E-state index is -3.36. The van der Waals surface area contributed by atoms with Crippen LogP contribution in [0.2, 0.25) is 0 Å². The average Bonchev–Trinajstić information content (AvgIpc) is 3.04. The van der Waals surface area contributed by atoms with Gasteiger partial charge in [0.05, 0.1) is 6.04 Å². The van der Waals surface area contributed by atoms with Crippen LogP contribution in [0.1, 0.15) is 36.9 Å². The molecule has 2 amide bonds. The summed E-state index contributed by atoms with van der Waals surface area (Å²) < 4.78 is 22.7. The van der Waals surface area contributed by atoms with Crippen LogP contribution in [0.25, 0.3) is 0 Å². The zero-order chi connectivity index (χ0) is 20.9. The number of nitrogens with one attached hydrogen (secondary N) is 1. The second-order valence-electron chi connectivity index (χ2n) is 6.44. The minimum absolute atomic E-state index is 0.0564. The first-order valence-electron chi connectivity index (χ1n) is 8.60. The molecule has 1 fully saturated rings. The highest BCUT2D eigenvalue weighted by atomic mass is 19.3. The number of nitrogens with two attached hydrogens (primary N) is 2. The first-order chi connectivity index (χ1) is 13.1. The van der Waals surface area contributed by atoms with Crippen molar-refractivity contribution in [2.75, 3.05) is 10.6 Å². The fourth-order valence-electron chi connectivity index (χ4n) is 2.84. The van der Waals surface area contributed by atoms with Crippen molar-refractivity contribution in [1.29, 1.82) is 5.41 Å². The summed E-state index contributed by atoms with van der Waals surface area (Å²) in [6.45, 7) is 0.454. The fraction of sp³-hybridized carbons (Fsp3) is 0.250. The summed E-state index contributed by atoms with van der Waals surface area (Å²) in [7, 11) is 0. The predicted molar refractivity (Wildman–Crippen MR) is 104 cm³/mol. The number of carbonyl (C=O) groups excluding carboxylic acids is 2. The van der Waals surface area contributed by atoms with E-state index >= 15 is 0 Å². The molecule has 1 saturated heterocycles. The maximum absolute atomic E-state index is 12.3. The Hall–Kier alpha value is -3.29. The molecular formula is C20H22F2N4O2. The normalized spacial score (nSPS) is 16.3. The zero-order valence-electron chi connectivity index (χ0n) is 15.4. The molecular weight excluding hydrogens is 366 g/mol. The Morgan fingerprint density at radius 2 is 1.86 bits per heavy atom. The number of amides is 2. The van der Waals surface area contributed by atoms with Crippen molar-refractivity contribution in [1.82, 2.24) is 0 Å². The van der Waals surface area contributed by atoms with Crippen molar-refractivity contribution in [3.8, 4) is 0 Å². The lowest BCUT2D eigenvalue weighted by atomic mass is 10.0. The van der Waals surface area contributed by atoms with Crippen molar-refractivity contribution in [2.24, 2.45) is 5.73 Å². The molecule has 0 aliphatic carbocycles. The Balaban J connectivity index is 0.000000345. The SMILES string of the molecule is CC(F)(F)C(N)=O.N=Cc1cc(N2C(=O)CC[C@H]2c2ccccc2)ccc1N. The second-order valence-corrected chi connectivity index (χ2v) is 6.44. The van der Waals surface area contributed by atoms with E-state index in [1.165, 1.54) is 6.21 Å². The molecule has 148 valence electrons. The number of hydrogen-bond donors (Lipinski definition) is 3. The van der Waals surface area contributed by atoms with Gasteiger partial charge in [-0.3, -0.25) is 9.59 Å². The van der Waals surface area contributed by atoms with Crippen LogP contribution in [0.3, 0.4) is 0 Å². The van der Waals surface area contributed by atoms with Gasteiger partial charge in [-0.25, -0.2) is 0 Å². The molecule has 3 rings (SSSR count). The van der Waals surface area contributed by atoms with Crippen molar-refractivity contribution in [2.45, 2.75) is 31.7 Å². The molecule has 1 aliphatic rings. The largest absolute Gasteiger partial charge is 0.398 e. The van der Waals surface area contributed by atoms with Gasteiger partial charge in [0.25, 0.3) is 5.91 Å². The van der Waals surface area contributed by atoms with Gasteiger partial charge in [-0.15, -0.1) is 0 Å². The molecule has 2 aromatic carbocycles. The highest BCUT2D eigenvalue weighted by molar-refractivity contribution is 5.98. The summed E-state index contributed by atoms with van der Waals surface area (Å²) >= 11 is 0. The van der Waals surface area contributed by atoms with E-state index in [-0.39, 0.29) is 11.9 Å². The number of alkyl halides is 2. The second kappa shape index (κ2) is 8.60. The third-order valence-corrected chi connectivity index (χ3v) is 4.33. The number of carbonyl (C=O) groups is 2. The molecule has 1 atom stereocenters. The van der Waals surface area contributed by atoms with Gasteiger partial charge < -0.3 is 21.8 Å². The van der Waals surface area contributed by atoms with Crippen LogP contribution >= 0.6 is 0 Å². The van der Waals surface area contributed by atoms with Crippen molar-refractivity contribution < 1.29 is 18.4 Å². The Kier molecular flexibility index (Phi) is 6.45.